The van der Waals surface area contributed by atoms with Gasteiger partial charge in [-0.05, 0) is 0 Å². The van der Waals surface area contributed by atoms with Crippen molar-refractivity contribution in [1.82, 2.24) is 0 Å². The average molecular weight is 474 g/mol. The van der Waals surface area contributed by atoms with E-state index in [1.54, 1.807) is 13.3 Å². The fraction of sp³-hybridized carbons (Fsp3) is 0.727. The Morgan fingerprint density at radius 3 is 1.64 bits per heavy atom. The Labute approximate surface area is 166 Å². The summed E-state index contributed by atoms with van der Waals surface area (Å²) < 4.78 is 7.47. The van der Waals surface area contributed by atoms with E-state index in [4.69, 9.17) is 11.6 Å². The molecular formula is C22H41ClNSn+. The molecule has 1 aromatic rings. The molecule has 0 aromatic heterocycles. The van der Waals surface area contributed by atoms with Gasteiger partial charge in [0.25, 0.3) is 0 Å². The Bertz CT molecular complexity index is 448. The van der Waals surface area contributed by atoms with Crippen LogP contribution in [0.4, 0.5) is 0 Å². The quantitative estimate of drug-likeness (QED) is 0.208. The number of benzene rings is 1. The second-order valence-electron chi connectivity index (χ2n) is 8.69. The van der Waals surface area contributed by atoms with Crippen molar-refractivity contribution in [2.45, 2.75) is 79.2 Å². The third-order valence-electron chi connectivity index (χ3n) is 5.47. The van der Waals surface area contributed by atoms with Gasteiger partial charge in [-0.1, -0.05) is 0 Å². The van der Waals surface area contributed by atoms with Gasteiger partial charge < -0.3 is 0 Å². The molecule has 0 aliphatic rings. The first kappa shape index (κ1) is 23.3. The topological polar surface area (TPSA) is 0 Å². The normalized spacial score (nSPS) is 12.6. The first-order valence-electron chi connectivity index (χ1n) is 10.4. The van der Waals surface area contributed by atoms with E-state index in [1.807, 2.05) is 12.1 Å². The molecule has 0 atom stereocenters. The van der Waals surface area contributed by atoms with Crippen LogP contribution in [0.3, 0.4) is 0 Å². The summed E-state index contributed by atoms with van der Waals surface area (Å²) in [6.45, 7) is 8.23. The molecule has 0 bridgehead atoms. The number of rotatable bonds is 13. The molecule has 0 radical (unpaired) electrons. The molecular weight excluding hydrogens is 432 g/mol. The van der Waals surface area contributed by atoms with Crippen molar-refractivity contribution in [1.29, 1.82) is 0 Å². The molecule has 0 spiro atoms. The van der Waals surface area contributed by atoms with Crippen LogP contribution >= 0.6 is 11.6 Å². The summed E-state index contributed by atoms with van der Waals surface area (Å²) >= 11 is 3.97. The molecule has 0 fully saturated rings. The van der Waals surface area contributed by atoms with E-state index in [2.05, 4.69) is 47.0 Å². The average Bonchev–Trinajstić information content (AvgIpc) is 2.57. The van der Waals surface area contributed by atoms with Crippen molar-refractivity contribution in [3.05, 3.63) is 34.9 Å². The van der Waals surface area contributed by atoms with E-state index in [-0.39, 0.29) is 0 Å². The molecule has 0 saturated heterocycles. The second-order valence-corrected chi connectivity index (χ2v) is 22.9. The standard InChI is InChI=1S/C10H14ClN.3C4H9.Sn/c1-12(2,3)8-9-4-6-10(11)7-5-9;3*1-3-4-2;/h4-7H,1,8H2,2-3H3;3*1,3-4H2,2H3;/q+1;;;;. The van der Waals surface area contributed by atoms with Crippen molar-refractivity contribution in [3.8, 4) is 0 Å². The van der Waals surface area contributed by atoms with Crippen LogP contribution < -0.4 is 0 Å². The van der Waals surface area contributed by atoms with Crippen LogP contribution in [0, 0.1) is 0 Å². The third-order valence-corrected chi connectivity index (χ3v) is 22.2. The minimum absolute atomic E-state index is 0.844. The number of halogens is 1. The van der Waals surface area contributed by atoms with Crippen molar-refractivity contribution < 1.29 is 4.48 Å². The molecule has 1 rings (SSSR count). The number of nitrogens with zero attached hydrogens (tertiary/aromatic N) is 1. The SMILES string of the molecule is CCC[CH2][Sn]([CH2]CCC)([CH2]CCC)[CH2][N+](C)(C)Cc1ccc(Cl)cc1. The Kier molecular flexibility index (Phi) is 11.1. The Morgan fingerprint density at radius 2 is 1.24 bits per heavy atom. The van der Waals surface area contributed by atoms with Crippen LogP contribution in [0.15, 0.2) is 24.3 Å². The maximum atomic E-state index is 6.07. The van der Waals surface area contributed by atoms with Gasteiger partial charge in [-0.3, -0.25) is 0 Å². The number of quaternary nitrogens is 1. The molecule has 1 aromatic carbocycles. The van der Waals surface area contributed by atoms with Gasteiger partial charge >= 0.3 is 167 Å². The molecule has 1 nitrogen and oxygen atoms in total. The van der Waals surface area contributed by atoms with Gasteiger partial charge in [-0.25, -0.2) is 0 Å². The zero-order chi connectivity index (χ0) is 18.8. The summed E-state index contributed by atoms with van der Waals surface area (Å²) in [6, 6.07) is 8.50. The molecule has 25 heavy (non-hydrogen) atoms. The summed E-state index contributed by atoms with van der Waals surface area (Å²) in [4.78, 5) is 0. The predicted octanol–water partition coefficient (Wildman–Crippen LogP) is 7.30. The third kappa shape index (κ3) is 9.15. The zero-order valence-electron chi connectivity index (χ0n) is 17.4. The maximum absolute atomic E-state index is 6.07. The Balaban J connectivity index is 2.90. The molecule has 0 unspecified atom stereocenters. The van der Waals surface area contributed by atoms with E-state index in [0.29, 0.717) is 0 Å². The van der Waals surface area contributed by atoms with E-state index in [1.165, 1.54) is 48.6 Å². The van der Waals surface area contributed by atoms with Gasteiger partial charge in [-0.2, -0.15) is 0 Å². The fourth-order valence-corrected chi connectivity index (χ4v) is 22.9. The summed E-state index contributed by atoms with van der Waals surface area (Å²) in [6.07, 6.45) is 8.48. The molecule has 0 heterocycles. The first-order chi connectivity index (χ1) is 11.9. The fourth-order valence-electron chi connectivity index (χ4n) is 4.32. The minimum atomic E-state index is -2.10. The molecule has 144 valence electrons. The van der Waals surface area contributed by atoms with Crippen LogP contribution in [0.2, 0.25) is 18.3 Å². The van der Waals surface area contributed by atoms with Gasteiger partial charge in [0.15, 0.2) is 0 Å². The molecule has 0 aliphatic carbocycles. The van der Waals surface area contributed by atoms with Crippen molar-refractivity contribution in [2.75, 3.05) is 18.7 Å². The van der Waals surface area contributed by atoms with Gasteiger partial charge in [-0.15, -0.1) is 0 Å². The van der Waals surface area contributed by atoms with E-state index >= 15 is 0 Å². The summed E-state index contributed by atoms with van der Waals surface area (Å²) in [5, 5.41) is 0.844. The second kappa shape index (κ2) is 11.9. The molecule has 0 N–H and O–H groups in total. The molecule has 0 saturated carbocycles. The predicted molar refractivity (Wildman–Crippen MR) is 117 cm³/mol. The Hall–Kier alpha value is 0.269. The van der Waals surface area contributed by atoms with E-state index in [9.17, 15) is 0 Å². The summed E-state index contributed by atoms with van der Waals surface area (Å²) in [7, 11) is 4.92. The van der Waals surface area contributed by atoms with E-state index < -0.39 is 18.4 Å². The number of hydrogen-bond donors (Lipinski definition) is 0. The van der Waals surface area contributed by atoms with Gasteiger partial charge in [0.1, 0.15) is 0 Å². The van der Waals surface area contributed by atoms with Crippen LogP contribution in [0.25, 0.3) is 0 Å². The number of unbranched alkanes of at least 4 members (excludes halogenated alkanes) is 3. The van der Waals surface area contributed by atoms with Crippen molar-refractivity contribution in [2.24, 2.45) is 0 Å². The zero-order valence-corrected chi connectivity index (χ0v) is 21.0. The first-order valence-corrected chi connectivity index (χ1v) is 18.9. The van der Waals surface area contributed by atoms with Gasteiger partial charge in [0.2, 0.25) is 0 Å². The molecule has 0 aliphatic heterocycles. The van der Waals surface area contributed by atoms with Gasteiger partial charge in [0, 0.05) is 0 Å². The monoisotopic (exact) mass is 474 g/mol. The van der Waals surface area contributed by atoms with Crippen molar-refractivity contribution >= 4 is 30.0 Å². The van der Waals surface area contributed by atoms with Crippen molar-refractivity contribution in [3.63, 3.8) is 0 Å². The summed E-state index contributed by atoms with van der Waals surface area (Å²) in [5.74, 6) is 0. The Morgan fingerprint density at radius 1 is 0.800 bits per heavy atom. The molecule has 0 amide bonds. The van der Waals surface area contributed by atoms with Crippen LogP contribution in [0.1, 0.15) is 64.9 Å². The summed E-state index contributed by atoms with van der Waals surface area (Å²) in [5.41, 5.74) is 1.43. The van der Waals surface area contributed by atoms with E-state index in [0.717, 1.165) is 16.1 Å². The van der Waals surface area contributed by atoms with Gasteiger partial charge in [0.05, 0.1) is 0 Å². The molecule has 3 heteroatoms. The van der Waals surface area contributed by atoms with Crippen LogP contribution in [-0.4, -0.2) is 41.5 Å². The van der Waals surface area contributed by atoms with Crippen LogP contribution in [0.5, 0.6) is 0 Å². The number of hydrogen-bond acceptors (Lipinski definition) is 0. The van der Waals surface area contributed by atoms with Crippen LogP contribution in [-0.2, 0) is 6.54 Å².